The summed E-state index contributed by atoms with van der Waals surface area (Å²) in [4.78, 5) is 16.3. The summed E-state index contributed by atoms with van der Waals surface area (Å²) in [7, 11) is 3.19. The smallest absolute Gasteiger partial charge is 0.252 e. The number of rotatable bonds is 8. The number of aliphatic hydroxyl groups is 2. The molecule has 2 aromatic heterocycles. The van der Waals surface area contributed by atoms with Crippen molar-refractivity contribution in [1.29, 1.82) is 0 Å². The molecule has 0 spiro atoms. The molecule has 0 aliphatic rings. The van der Waals surface area contributed by atoms with Crippen LogP contribution in [-0.2, 0) is 11.3 Å². The minimum absolute atomic E-state index is 0.0761. The first-order chi connectivity index (χ1) is 15.6. The Morgan fingerprint density at radius 1 is 1.12 bits per heavy atom. The van der Waals surface area contributed by atoms with E-state index in [0.717, 1.165) is 32.9 Å². The predicted molar refractivity (Wildman–Crippen MR) is 126 cm³/mol. The molecule has 0 atom stereocenters. The van der Waals surface area contributed by atoms with Crippen LogP contribution in [0.1, 0.15) is 17.5 Å². The summed E-state index contributed by atoms with van der Waals surface area (Å²) in [6.45, 7) is 0.367. The molecular formula is C25H27N3O4. The second-order valence-corrected chi connectivity index (χ2v) is 7.54. The van der Waals surface area contributed by atoms with Gasteiger partial charge in [-0.15, -0.1) is 0 Å². The number of methoxy groups -OCH3 is 1. The number of aromatic nitrogens is 2. The molecule has 7 heteroatoms. The number of nitrogens with one attached hydrogen (secondary N) is 2. The summed E-state index contributed by atoms with van der Waals surface area (Å²) in [5.41, 5.74) is 4.27. The molecule has 0 radical (unpaired) electrons. The maximum atomic E-state index is 13.1. The second kappa shape index (κ2) is 9.30. The Bertz CT molecular complexity index is 1300. The minimum Gasteiger partial charge on any atom is -0.497 e. The Morgan fingerprint density at radius 2 is 1.94 bits per heavy atom. The highest BCUT2D eigenvalue weighted by molar-refractivity contribution is 6.30. The molecule has 0 aliphatic heterocycles. The number of carbonyl (C=O) groups excluding carboxylic acids is 1. The van der Waals surface area contributed by atoms with Crippen molar-refractivity contribution in [3.8, 4) is 5.75 Å². The van der Waals surface area contributed by atoms with E-state index >= 15 is 0 Å². The van der Waals surface area contributed by atoms with Crippen molar-refractivity contribution in [3.05, 3.63) is 66.0 Å². The molecule has 4 rings (SSSR count). The van der Waals surface area contributed by atoms with E-state index in [1.54, 1.807) is 20.4 Å². The van der Waals surface area contributed by atoms with Crippen LogP contribution >= 0.6 is 0 Å². The van der Waals surface area contributed by atoms with Crippen LogP contribution in [0.3, 0.4) is 0 Å². The van der Waals surface area contributed by atoms with Gasteiger partial charge in [0.15, 0.2) is 0 Å². The lowest BCUT2D eigenvalue weighted by Crippen LogP contribution is -2.21. The van der Waals surface area contributed by atoms with E-state index in [4.69, 9.17) is 4.74 Å². The summed E-state index contributed by atoms with van der Waals surface area (Å²) in [5, 5.41) is 24.3. The van der Waals surface area contributed by atoms with Gasteiger partial charge in [0.25, 0.3) is 5.91 Å². The molecule has 2 heterocycles. The van der Waals surface area contributed by atoms with Crippen LogP contribution in [0.2, 0.25) is 0 Å². The molecule has 4 N–H and O–H groups in total. The van der Waals surface area contributed by atoms with E-state index in [2.05, 4.69) is 10.3 Å². The maximum absolute atomic E-state index is 13.1. The fourth-order valence-corrected chi connectivity index (χ4v) is 4.19. The van der Waals surface area contributed by atoms with Gasteiger partial charge in [-0.3, -0.25) is 4.79 Å². The van der Waals surface area contributed by atoms with Crippen molar-refractivity contribution in [1.82, 2.24) is 14.9 Å². The maximum Gasteiger partial charge on any atom is 0.252 e. The third-order valence-corrected chi connectivity index (χ3v) is 5.74. The largest absolute Gasteiger partial charge is 0.497 e. The van der Waals surface area contributed by atoms with Crippen LogP contribution in [-0.4, -0.2) is 53.0 Å². The number of hydrogen-bond donors (Lipinski definition) is 4. The van der Waals surface area contributed by atoms with Gasteiger partial charge in [0, 0.05) is 71.1 Å². The zero-order valence-corrected chi connectivity index (χ0v) is 18.2. The summed E-state index contributed by atoms with van der Waals surface area (Å²) < 4.78 is 7.46. The molecule has 0 fully saturated rings. The topological polar surface area (TPSA) is 99.5 Å². The lowest BCUT2D eigenvalue weighted by atomic mass is 9.93. The number of benzene rings is 2. The number of likely N-dealkylation sites (N-methyl/N-ethyl adjacent to an activating group) is 1. The second-order valence-electron chi connectivity index (χ2n) is 7.54. The Morgan fingerprint density at radius 3 is 2.66 bits per heavy atom. The van der Waals surface area contributed by atoms with Gasteiger partial charge in [-0.25, -0.2) is 0 Å². The number of aromatic amines is 1. The highest BCUT2D eigenvalue weighted by Crippen LogP contribution is 2.36. The zero-order valence-electron chi connectivity index (χ0n) is 18.2. The zero-order chi connectivity index (χ0) is 22.7. The number of amides is 1. The van der Waals surface area contributed by atoms with Crippen molar-refractivity contribution >= 4 is 38.9 Å². The van der Waals surface area contributed by atoms with E-state index in [9.17, 15) is 15.0 Å². The number of H-pyrrole nitrogens is 1. The van der Waals surface area contributed by atoms with Crippen LogP contribution in [0.4, 0.5) is 0 Å². The number of ether oxygens (including phenoxy) is 1. The number of hydrogen-bond acceptors (Lipinski definition) is 4. The highest BCUT2D eigenvalue weighted by atomic mass is 16.5. The third-order valence-electron chi connectivity index (χ3n) is 5.74. The van der Waals surface area contributed by atoms with E-state index in [1.165, 1.54) is 0 Å². The van der Waals surface area contributed by atoms with Gasteiger partial charge in [0.05, 0.1) is 19.3 Å². The van der Waals surface area contributed by atoms with Gasteiger partial charge < -0.3 is 29.8 Å². The fraction of sp³-hybridized carbons (Fsp3) is 0.240. The quantitative estimate of drug-likeness (QED) is 0.321. The predicted octanol–water partition coefficient (Wildman–Crippen LogP) is 3.16. The van der Waals surface area contributed by atoms with Gasteiger partial charge in [-0.05, 0) is 30.7 Å². The van der Waals surface area contributed by atoms with Gasteiger partial charge in [-0.2, -0.15) is 0 Å². The lowest BCUT2D eigenvalue weighted by molar-refractivity contribution is -0.115. The van der Waals surface area contributed by atoms with E-state index in [-0.39, 0.29) is 19.1 Å². The van der Waals surface area contributed by atoms with Crippen LogP contribution in [0.5, 0.6) is 5.75 Å². The van der Waals surface area contributed by atoms with E-state index < -0.39 is 0 Å². The molecule has 0 aliphatic carbocycles. The molecular weight excluding hydrogens is 406 g/mol. The van der Waals surface area contributed by atoms with Crippen LogP contribution in [0, 0.1) is 0 Å². The van der Waals surface area contributed by atoms with Gasteiger partial charge in [0.1, 0.15) is 5.75 Å². The van der Waals surface area contributed by atoms with Crippen LogP contribution in [0.25, 0.3) is 33.0 Å². The Balaban J connectivity index is 2.03. The first-order valence-electron chi connectivity index (χ1n) is 10.5. The molecule has 0 saturated heterocycles. The number of para-hydroxylation sites is 1. The van der Waals surface area contributed by atoms with Crippen molar-refractivity contribution in [2.24, 2.45) is 0 Å². The normalized spacial score (nSPS) is 12.2. The first-order valence-corrected chi connectivity index (χ1v) is 10.5. The van der Waals surface area contributed by atoms with Crippen molar-refractivity contribution in [3.63, 3.8) is 0 Å². The third kappa shape index (κ3) is 3.77. The molecule has 166 valence electrons. The van der Waals surface area contributed by atoms with Crippen LogP contribution in [0.15, 0.2) is 54.9 Å². The molecule has 7 nitrogen and oxygen atoms in total. The summed E-state index contributed by atoms with van der Waals surface area (Å²) in [6.07, 6.45) is 4.33. The molecule has 2 aromatic carbocycles. The van der Waals surface area contributed by atoms with E-state index in [0.29, 0.717) is 29.9 Å². The molecule has 1 amide bonds. The lowest BCUT2D eigenvalue weighted by Gasteiger charge is -2.13. The van der Waals surface area contributed by atoms with Crippen molar-refractivity contribution in [2.75, 3.05) is 27.4 Å². The summed E-state index contributed by atoms with van der Waals surface area (Å²) in [5.74, 6) is 0.405. The SMILES string of the molecule is CNC(=O)/C(=C(\CO)c1cn(CCCO)c2ccc(OC)cc12)c1c[nH]c2ccccc12. The van der Waals surface area contributed by atoms with Crippen molar-refractivity contribution in [2.45, 2.75) is 13.0 Å². The Hall–Kier alpha value is -3.55. The Labute approximate surface area is 185 Å². The Kier molecular flexibility index (Phi) is 6.30. The molecule has 0 saturated carbocycles. The molecule has 32 heavy (non-hydrogen) atoms. The number of carbonyl (C=O) groups is 1. The van der Waals surface area contributed by atoms with Gasteiger partial charge in [0.2, 0.25) is 0 Å². The molecule has 0 unspecified atom stereocenters. The standard InChI is InChI=1S/C25H27N3O4/c1-26-25(31)24(19-13-27-22-7-4-3-6-17(19)22)21(15-30)20-14-28(10-5-11-29)23-9-8-16(32-2)12-18(20)23/h3-4,6-9,12-14,27,29-30H,5,10-11,15H2,1-2H3,(H,26,31)/b24-21+. The molecule has 4 aromatic rings. The number of nitrogens with zero attached hydrogens (tertiary/aromatic N) is 1. The monoisotopic (exact) mass is 433 g/mol. The summed E-state index contributed by atoms with van der Waals surface area (Å²) >= 11 is 0. The first kappa shape index (κ1) is 21.7. The highest BCUT2D eigenvalue weighted by Gasteiger charge is 2.23. The molecule has 0 bridgehead atoms. The number of aliphatic hydroxyl groups excluding tert-OH is 2. The number of fused-ring (bicyclic) bond motifs is 2. The van der Waals surface area contributed by atoms with Crippen molar-refractivity contribution < 1.29 is 19.7 Å². The van der Waals surface area contributed by atoms with E-state index in [1.807, 2.05) is 53.2 Å². The summed E-state index contributed by atoms with van der Waals surface area (Å²) in [6, 6.07) is 13.5. The average molecular weight is 434 g/mol. The fourth-order valence-electron chi connectivity index (χ4n) is 4.19. The minimum atomic E-state index is -0.321. The van der Waals surface area contributed by atoms with Gasteiger partial charge in [-0.1, -0.05) is 18.2 Å². The number of aryl methyl sites for hydroxylation is 1. The average Bonchev–Trinajstić information content (AvgIpc) is 3.41. The van der Waals surface area contributed by atoms with Gasteiger partial charge >= 0.3 is 0 Å². The van der Waals surface area contributed by atoms with Crippen LogP contribution < -0.4 is 10.1 Å².